The lowest BCUT2D eigenvalue weighted by Gasteiger charge is -2.06. The summed E-state index contributed by atoms with van der Waals surface area (Å²) in [6, 6.07) is 21.7. The highest BCUT2D eigenvalue weighted by Crippen LogP contribution is 2.33. The first-order chi connectivity index (χ1) is 9.86. The van der Waals surface area contributed by atoms with E-state index in [1.54, 1.807) is 7.11 Å². The lowest BCUT2D eigenvalue weighted by Crippen LogP contribution is -1.83. The number of azo groups is 1. The number of hydrogen-bond donors (Lipinski definition) is 0. The van der Waals surface area contributed by atoms with E-state index in [4.69, 9.17) is 4.74 Å². The number of ether oxygens (including phenoxy) is 1. The Morgan fingerprint density at radius 1 is 0.750 bits per heavy atom. The molecule has 0 aliphatic rings. The van der Waals surface area contributed by atoms with Crippen LogP contribution in [0.2, 0.25) is 0 Å². The molecule has 0 fully saturated rings. The summed E-state index contributed by atoms with van der Waals surface area (Å²) in [5.41, 5.74) is 1.55. The van der Waals surface area contributed by atoms with Crippen molar-refractivity contribution in [2.45, 2.75) is 0 Å². The third-order valence-electron chi connectivity index (χ3n) is 3.08. The fraction of sp³-hybridized carbons (Fsp3) is 0.0588. The first kappa shape index (κ1) is 12.4. The molecule has 0 bridgehead atoms. The van der Waals surface area contributed by atoms with E-state index >= 15 is 0 Å². The molecule has 0 atom stereocenters. The van der Waals surface area contributed by atoms with Crippen LogP contribution in [0.5, 0.6) is 5.75 Å². The third kappa shape index (κ3) is 2.52. The van der Waals surface area contributed by atoms with Gasteiger partial charge in [0.2, 0.25) is 0 Å². The molecule has 0 aliphatic heterocycles. The number of methoxy groups -OCH3 is 1. The summed E-state index contributed by atoms with van der Waals surface area (Å²) in [4.78, 5) is 0. The van der Waals surface area contributed by atoms with Crippen LogP contribution in [-0.4, -0.2) is 7.11 Å². The molecule has 0 heterocycles. The largest absolute Gasteiger partial charge is 0.494 e. The molecule has 3 nitrogen and oxygen atoms in total. The monoisotopic (exact) mass is 262 g/mol. The molecular weight excluding hydrogens is 248 g/mol. The van der Waals surface area contributed by atoms with Gasteiger partial charge in [0.15, 0.2) is 0 Å². The van der Waals surface area contributed by atoms with Gasteiger partial charge in [-0.1, -0.05) is 42.5 Å². The standard InChI is InChI=1S/C17H14N2O/c1-20-17-12-14-8-6-5-7-13(14)11-16(17)19-18-15-9-3-2-4-10-15/h2-12H,1H3/b19-18+. The molecule has 0 saturated heterocycles. The lowest BCUT2D eigenvalue weighted by molar-refractivity contribution is 0.416. The van der Waals surface area contributed by atoms with Crippen molar-refractivity contribution >= 4 is 22.1 Å². The summed E-state index contributed by atoms with van der Waals surface area (Å²) in [5, 5.41) is 10.8. The number of rotatable bonds is 3. The van der Waals surface area contributed by atoms with Crippen molar-refractivity contribution in [3.8, 4) is 5.75 Å². The van der Waals surface area contributed by atoms with Gasteiger partial charge in [-0.15, -0.1) is 5.11 Å². The van der Waals surface area contributed by atoms with Gasteiger partial charge >= 0.3 is 0 Å². The molecule has 3 rings (SSSR count). The molecule has 0 radical (unpaired) electrons. The van der Waals surface area contributed by atoms with Gasteiger partial charge in [0, 0.05) is 0 Å². The highest BCUT2D eigenvalue weighted by molar-refractivity contribution is 5.87. The average molecular weight is 262 g/mol. The fourth-order valence-corrected chi connectivity index (χ4v) is 2.06. The molecular formula is C17H14N2O. The molecule has 0 aromatic heterocycles. The highest BCUT2D eigenvalue weighted by Gasteiger charge is 2.04. The lowest BCUT2D eigenvalue weighted by atomic mass is 10.1. The Balaban J connectivity index is 2.04. The van der Waals surface area contributed by atoms with Gasteiger partial charge < -0.3 is 4.74 Å². The molecule has 0 saturated carbocycles. The first-order valence-electron chi connectivity index (χ1n) is 6.40. The third-order valence-corrected chi connectivity index (χ3v) is 3.08. The summed E-state index contributed by atoms with van der Waals surface area (Å²) in [7, 11) is 1.64. The molecule has 0 aliphatic carbocycles. The van der Waals surface area contributed by atoms with Crippen LogP contribution in [0.25, 0.3) is 10.8 Å². The van der Waals surface area contributed by atoms with Crippen LogP contribution in [0.4, 0.5) is 11.4 Å². The van der Waals surface area contributed by atoms with Crippen molar-refractivity contribution in [1.82, 2.24) is 0 Å². The average Bonchev–Trinajstić information content (AvgIpc) is 2.53. The Kier molecular flexibility index (Phi) is 3.42. The molecule has 3 aromatic carbocycles. The number of fused-ring (bicyclic) bond motifs is 1. The van der Waals surface area contributed by atoms with Gasteiger partial charge in [-0.25, -0.2) is 0 Å². The normalized spacial score (nSPS) is 11.1. The maximum atomic E-state index is 5.39. The van der Waals surface area contributed by atoms with Crippen molar-refractivity contribution in [3.63, 3.8) is 0 Å². The first-order valence-corrected chi connectivity index (χ1v) is 6.40. The topological polar surface area (TPSA) is 34.0 Å². The second kappa shape index (κ2) is 5.53. The highest BCUT2D eigenvalue weighted by atomic mass is 16.5. The fourth-order valence-electron chi connectivity index (χ4n) is 2.06. The molecule has 3 aromatic rings. The predicted molar refractivity (Wildman–Crippen MR) is 81.1 cm³/mol. The number of nitrogens with zero attached hydrogens (tertiary/aromatic N) is 2. The minimum absolute atomic E-state index is 0.725. The van der Waals surface area contributed by atoms with Crippen molar-refractivity contribution in [2.75, 3.05) is 7.11 Å². The van der Waals surface area contributed by atoms with E-state index in [-0.39, 0.29) is 0 Å². The zero-order valence-corrected chi connectivity index (χ0v) is 11.2. The van der Waals surface area contributed by atoms with Gasteiger partial charge in [0.25, 0.3) is 0 Å². The minimum Gasteiger partial charge on any atom is -0.494 e. The Hall–Kier alpha value is -2.68. The zero-order chi connectivity index (χ0) is 13.8. The van der Waals surface area contributed by atoms with Crippen LogP contribution in [0.15, 0.2) is 77.0 Å². The Bertz CT molecular complexity index is 751. The predicted octanol–water partition coefficient (Wildman–Crippen LogP) is 5.26. The zero-order valence-electron chi connectivity index (χ0n) is 11.2. The van der Waals surface area contributed by atoms with E-state index in [9.17, 15) is 0 Å². The second-order valence-electron chi connectivity index (χ2n) is 4.41. The molecule has 0 amide bonds. The smallest absolute Gasteiger partial charge is 0.147 e. The molecule has 98 valence electrons. The van der Waals surface area contributed by atoms with E-state index < -0.39 is 0 Å². The summed E-state index contributed by atoms with van der Waals surface area (Å²) < 4.78 is 5.39. The molecule has 0 N–H and O–H groups in total. The van der Waals surface area contributed by atoms with Gasteiger partial charge in [0.1, 0.15) is 11.4 Å². The maximum Gasteiger partial charge on any atom is 0.147 e. The van der Waals surface area contributed by atoms with E-state index in [0.29, 0.717) is 0 Å². The summed E-state index contributed by atoms with van der Waals surface area (Å²) in [6.07, 6.45) is 0. The van der Waals surface area contributed by atoms with Crippen molar-refractivity contribution in [3.05, 3.63) is 66.7 Å². The quantitative estimate of drug-likeness (QED) is 0.592. The van der Waals surface area contributed by atoms with Crippen LogP contribution in [-0.2, 0) is 0 Å². The maximum absolute atomic E-state index is 5.39. The van der Waals surface area contributed by atoms with E-state index in [0.717, 1.165) is 27.9 Å². The van der Waals surface area contributed by atoms with Crippen LogP contribution in [0.3, 0.4) is 0 Å². The molecule has 0 unspecified atom stereocenters. The SMILES string of the molecule is COc1cc2ccccc2cc1/N=N/c1ccccc1. The van der Waals surface area contributed by atoms with E-state index in [2.05, 4.69) is 22.4 Å². The summed E-state index contributed by atoms with van der Waals surface area (Å²) in [6.45, 7) is 0. The van der Waals surface area contributed by atoms with Gasteiger partial charge in [-0.05, 0) is 35.0 Å². The molecule has 0 spiro atoms. The minimum atomic E-state index is 0.725. The van der Waals surface area contributed by atoms with Gasteiger partial charge in [-0.2, -0.15) is 5.11 Å². The summed E-state index contributed by atoms with van der Waals surface area (Å²) in [5.74, 6) is 0.725. The van der Waals surface area contributed by atoms with Crippen molar-refractivity contribution < 1.29 is 4.74 Å². The number of hydrogen-bond acceptors (Lipinski definition) is 3. The number of benzene rings is 3. The summed E-state index contributed by atoms with van der Waals surface area (Å²) >= 11 is 0. The Morgan fingerprint density at radius 3 is 2.10 bits per heavy atom. The van der Waals surface area contributed by atoms with Crippen LogP contribution < -0.4 is 4.74 Å². The Labute approximate surface area is 117 Å². The second-order valence-corrected chi connectivity index (χ2v) is 4.41. The van der Waals surface area contributed by atoms with Crippen molar-refractivity contribution in [2.24, 2.45) is 10.2 Å². The molecule has 20 heavy (non-hydrogen) atoms. The Morgan fingerprint density at radius 2 is 1.40 bits per heavy atom. The van der Waals surface area contributed by atoms with E-state index in [1.165, 1.54) is 0 Å². The van der Waals surface area contributed by atoms with Crippen LogP contribution >= 0.6 is 0 Å². The van der Waals surface area contributed by atoms with Crippen molar-refractivity contribution in [1.29, 1.82) is 0 Å². The van der Waals surface area contributed by atoms with Crippen LogP contribution in [0, 0.1) is 0 Å². The van der Waals surface area contributed by atoms with E-state index in [1.807, 2.05) is 54.6 Å². The van der Waals surface area contributed by atoms with Gasteiger partial charge in [0.05, 0.1) is 12.8 Å². The molecule has 3 heteroatoms. The van der Waals surface area contributed by atoms with Crippen LogP contribution in [0.1, 0.15) is 0 Å². The van der Waals surface area contributed by atoms with Gasteiger partial charge in [-0.3, -0.25) is 0 Å².